The fraction of sp³-hybridized carbons (Fsp3) is 0.105. The highest BCUT2D eigenvalue weighted by atomic mass is 35.5. The molecule has 0 fully saturated rings. The van der Waals surface area contributed by atoms with Crippen LogP contribution in [0.2, 0.25) is 5.02 Å². The third-order valence-electron chi connectivity index (χ3n) is 3.55. The van der Waals surface area contributed by atoms with E-state index in [-0.39, 0.29) is 18.1 Å². The summed E-state index contributed by atoms with van der Waals surface area (Å²) in [7, 11) is 0. The largest absolute Gasteiger partial charge is 0.326 e. The minimum Gasteiger partial charge on any atom is -0.326 e. The van der Waals surface area contributed by atoms with Crippen molar-refractivity contribution in [2.75, 3.05) is 5.32 Å². The highest BCUT2D eigenvalue weighted by Gasteiger charge is 2.11. The van der Waals surface area contributed by atoms with Gasteiger partial charge < -0.3 is 5.32 Å². The summed E-state index contributed by atoms with van der Waals surface area (Å²) in [5.74, 6) is -0.225. The summed E-state index contributed by atoms with van der Waals surface area (Å²) in [5.41, 5.74) is 2.70. The molecule has 3 aromatic rings. The van der Waals surface area contributed by atoms with E-state index in [0.717, 1.165) is 10.6 Å². The first-order valence-electron chi connectivity index (χ1n) is 7.63. The Bertz CT molecular complexity index is 936. The van der Waals surface area contributed by atoms with Crippen LogP contribution < -0.4 is 5.32 Å². The van der Waals surface area contributed by atoms with Gasteiger partial charge in [0.2, 0.25) is 5.91 Å². The molecule has 0 radical (unpaired) electrons. The third kappa shape index (κ3) is 4.32. The Hall–Kier alpha value is -2.50. The zero-order valence-electron chi connectivity index (χ0n) is 13.5. The number of nitrogens with zero attached hydrogens (tertiary/aromatic N) is 1. The van der Waals surface area contributed by atoms with Crippen LogP contribution in [0, 0.1) is 0 Å². The minimum atomic E-state index is -0.184. The Kier molecular flexibility index (Phi) is 5.26. The Labute approximate surface area is 154 Å². The number of amides is 1. The van der Waals surface area contributed by atoms with E-state index in [1.807, 2.05) is 29.6 Å². The summed E-state index contributed by atoms with van der Waals surface area (Å²) in [4.78, 5) is 28.1. The van der Waals surface area contributed by atoms with Gasteiger partial charge in [-0.25, -0.2) is 4.98 Å². The number of aromatic nitrogens is 1. The Morgan fingerprint density at radius 3 is 2.72 bits per heavy atom. The first kappa shape index (κ1) is 17.3. The van der Waals surface area contributed by atoms with Gasteiger partial charge in [0.1, 0.15) is 5.01 Å². The van der Waals surface area contributed by atoms with Crippen molar-refractivity contribution in [2.45, 2.75) is 13.3 Å². The maximum atomic E-state index is 12.2. The second kappa shape index (κ2) is 7.59. The average Bonchev–Trinajstić information content (AvgIpc) is 3.03. The van der Waals surface area contributed by atoms with Gasteiger partial charge in [-0.3, -0.25) is 9.59 Å². The molecule has 3 rings (SSSR count). The van der Waals surface area contributed by atoms with Gasteiger partial charge in [0.05, 0.1) is 17.1 Å². The zero-order chi connectivity index (χ0) is 17.8. The van der Waals surface area contributed by atoms with Crippen molar-refractivity contribution in [1.82, 2.24) is 4.98 Å². The molecule has 1 aromatic heterocycles. The molecule has 6 heteroatoms. The smallest absolute Gasteiger partial charge is 0.230 e. The van der Waals surface area contributed by atoms with Crippen molar-refractivity contribution >= 4 is 40.3 Å². The predicted octanol–water partition coefficient (Wildman–Crippen LogP) is 4.85. The van der Waals surface area contributed by atoms with E-state index in [1.54, 1.807) is 24.3 Å². The molecule has 126 valence electrons. The summed E-state index contributed by atoms with van der Waals surface area (Å²) in [6.45, 7) is 1.49. The first-order valence-corrected chi connectivity index (χ1v) is 8.89. The zero-order valence-corrected chi connectivity index (χ0v) is 15.0. The van der Waals surface area contributed by atoms with Gasteiger partial charge in [-0.15, -0.1) is 11.3 Å². The lowest BCUT2D eigenvalue weighted by Crippen LogP contribution is -2.14. The number of nitrogens with one attached hydrogen (secondary N) is 1. The number of anilines is 1. The number of thiazole rings is 1. The van der Waals surface area contributed by atoms with Gasteiger partial charge in [0.25, 0.3) is 0 Å². The van der Waals surface area contributed by atoms with E-state index < -0.39 is 0 Å². The summed E-state index contributed by atoms with van der Waals surface area (Å²) in [6.07, 6.45) is 0.158. The SMILES string of the molecule is CC(=O)c1cccc(NC(=O)Cc2csc(-c3ccccc3Cl)n2)c1. The molecular formula is C19H15ClN2O2S. The lowest BCUT2D eigenvalue weighted by Gasteiger charge is -2.05. The molecule has 1 amide bonds. The fourth-order valence-electron chi connectivity index (χ4n) is 2.33. The van der Waals surface area contributed by atoms with Crippen molar-refractivity contribution < 1.29 is 9.59 Å². The molecule has 0 atom stereocenters. The van der Waals surface area contributed by atoms with E-state index in [1.165, 1.54) is 18.3 Å². The summed E-state index contributed by atoms with van der Waals surface area (Å²) in [6, 6.07) is 14.3. The van der Waals surface area contributed by atoms with E-state index in [4.69, 9.17) is 11.6 Å². The number of carbonyl (C=O) groups is 2. The van der Waals surface area contributed by atoms with E-state index in [9.17, 15) is 9.59 Å². The van der Waals surface area contributed by atoms with Crippen LogP contribution in [-0.4, -0.2) is 16.7 Å². The van der Waals surface area contributed by atoms with Crippen LogP contribution in [0.25, 0.3) is 10.6 Å². The van der Waals surface area contributed by atoms with Crippen molar-refractivity contribution in [2.24, 2.45) is 0 Å². The molecule has 25 heavy (non-hydrogen) atoms. The highest BCUT2D eigenvalue weighted by Crippen LogP contribution is 2.30. The number of rotatable bonds is 5. The Morgan fingerprint density at radius 2 is 1.96 bits per heavy atom. The van der Waals surface area contributed by atoms with Crippen LogP contribution in [0.3, 0.4) is 0 Å². The quantitative estimate of drug-likeness (QED) is 0.653. The van der Waals surface area contributed by atoms with Gasteiger partial charge in [-0.1, -0.05) is 41.9 Å². The summed E-state index contributed by atoms with van der Waals surface area (Å²) >= 11 is 7.63. The van der Waals surface area contributed by atoms with Crippen molar-refractivity contribution in [3.8, 4) is 10.6 Å². The van der Waals surface area contributed by atoms with Crippen LogP contribution in [0.5, 0.6) is 0 Å². The normalized spacial score (nSPS) is 10.5. The van der Waals surface area contributed by atoms with E-state index in [0.29, 0.717) is 22.0 Å². The molecule has 0 aliphatic rings. The molecule has 0 bridgehead atoms. The Balaban J connectivity index is 1.69. The van der Waals surface area contributed by atoms with Gasteiger partial charge in [-0.05, 0) is 25.1 Å². The number of ketones is 1. The number of carbonyl (C=O) groups excluding carboxylic acids is 2. The molecule has 1 N–H and O–H groups in total. The minimum absolute atomic E-state index is 0.0417. The van der Waals surface area contributed by atoms with Crippen LogP contribution in [0.4, 0.5) is 5.69 Å². The average molecular weight is 371 g/mol. The van der Waals surface area contributed by atoms with Gasteiger partial charge in [-0.2, -0.15) is 0 Å². The van der Waals surface area contributed by atoms with Crippen LogP contribution >= 0.6 is 22.9 Å². The number of halogens is 1. The van der Waals surface area contributed by atoms with Gasteiger partial charge in [0.15, 0.2) is 5.78 Å². The van der Waals surface area contributed by atoms with Gasteiger partial charge >= 0.3 is 0 Å². The number of benzene rings is 2. The fourth-order valence-corrected chi connectivity index (χ4v) is 3.47. The number of hydrogen-bond acceptors (Lipinski definition) is 4. The van der Waals surface area contributed by atoms with Crippen LogP contribution in [-0.2, 0) is 11.2 Å². The van der Waals surface area contributed by atoms with E-state index >= 15 is 0 Å². The molecule has 0 saturated heterocycles. The summed E-state index contributed by atoms with van der Waals surface area (Å²) in [5, 5.41) is 6.06. The van der Waals surface area contributed by atoms with E-state index in [2.05, 4.69) is 10.3 Å². The number of Topliss-reactive ketones (excluding diaryl/α,β-unsaturated/α-hetero) is 1. The topological polar surface area (TPSA) is 59.1 Å². The second-order valence-electron chi connectivity index (χ2n) is 5.49. The molecule has 0 aliphatic carbocycles. The Morgan fingerprint density at radius 1 is 1.16 bits per heavy atom. The molecule has 0 spiro atoms. The number of hydrogen-bond donors (Lipinski definition) is 1. The molecule has 1 heterocycles. The van der Waals surface area contributed by atoms with Gasteiger partial charge in [0, 0.05) is 22.2 Å². The molecule has 4 nitrogen and oxygen atoms in total. The highest BCUT2D eigenvalue weighted by molar-refractivity contribution is 7.13. The maximum Gasteiger partial charge on any atom is 0.230 e. The molecule has 0 unspecified atom stereocenters. The first-order chi connectivity index (χ1) is 12.0. The van der Waals surface area contributed by atoms with Crippen molar-refractivity contribution in [3.63, 3.8) is 0 Å². The second-order valence-corrected chi connectivity index (χ2v) is 6.75. The maximum absolute atomic E-state index is 12.2. The third-order valence-corrected chi connectivity index (χ3v) is 4.80. The molecule has 0 saturated carbocycles. The standard InChI is InChI=1S/C19H15ClN2O2S/c1-12(23)13-5-4-6-14(9-13)21-18(24)10-15-11-25-19(22-15)16-7-2-3-8-17(16)20/h2-9,11H,10H2,1H3,(H,21,24). The summed E-state index contributed by atoms with van der Waals surface area (Å²) < 4.78 is 0. The molecule has 2 aromatic carbocycles. The van der Waals surface area contributed by atoms with Crippen LogP contribution in [0.1, 0.15) is 23.0 Å². The lowest BCUT2D eigenvalue weighted by atomic mass is 10.1. The predicted molar refractivity (Wildman–Crippen MR) is 101 cm³/mol. The monoisotopic (exact) mass is 370 g/mol. The van der Waals surface area contributed by atoms with Crippen molar-refractivity contribution in [3.05, 3.63) is 70.2 Å². The molecule has 0 aliphatic heterocycles. The molecular weight excluding hydrogens is 356 g/mol. The lowest BCUT2D eigenvalue weighted by molar-refractivity contribution is -0.115. The van der Waals surface area contributed by atoms with Crippen LogP contribution in [0.15, 0.2) is 53.9 Å². The van der Waals surface area contributed by atoms with Crippen molar-refractivity contribution in [1.29, 1.82) is 0 Å².